The van der Waals surface area contributed by atoms with E-state index in [2.05, 4.69) is 9.71 Å². The minimum atomic E-state index is -3.82. The van der Waals surface area contributed by atoms with E-state index in [0.29, 0.717) is 11.4 Å². The van der Waals surface area contributed by atoms with E-state index in [1.165, 1.54) is 26.4 Å². The molecule has 0 atom stereocenters. The summed E-state index contributed by atoms with van der Waals surface area (Å²) in [7, 11) is -0.948. The lowest BCUT2D eigenvalue weighted by molar-refractivity contribution is 0.392. The third-order valence-corrected chi connectivity index (χ3v) is 4.16. The Morgan fingerprint density at radius 1 is 1.10 bits per heavy atom. The Hall–Kier alpha value is -2.28. The zero-order valence-corrected chi connectivity index (χ0v) is 12.8. The number of nitrogens with zero attached hydrogens (tertiary/aromatic N) is 1. The van der Waals surface area contributed by atoms with E-state index < -0.39 is 10.0 Å². The Balaban J connectivity index is 2.43. The Labute approximate surface area is 123 Å². The highest BCUT2D eigenvalue weighted by atomic mass is 32.2. The number of hydrogen-bond acceptors (Lipinski definition) is 5. The van der Waals surface area contributed by atoms with Crippen LogP contribution in [0.3, 0.4) is 0 Å². The molecule has 0 saturated heterocycles. The van der Waals surface area contributed by atoms with Gasteiger partial charge < -0.3 is 9.47 Å². The average Bonchev–Trinajstić information content (AvgIpc) is 2.46. The zero-order valence-electron chi connectivity index (χ0n) is 12.0. The van der Waals surface area contributed by atoms with Crippen molar-refractivity contribution >= 4 is 15.8 Å². The third kappa shape index (κ3) is 3.43. The van der Waals surface area contributed by atoms with Gasteiger partial charge in [-0.05, 0) is 31.2 Å². The quantitative estimate of drug-likeness (QED) is 0.916. The van der Waals surface area contributed by atoms with Crippen LogP contribution in [0.4, 0.5) is 5.82 Å². The van der Waals surface area contributed by atoms with Gasteiger partial charge in [0.05, 0.1) is 14.2 Å². The van der Waals surface area contributed by atoms with Crippen LogP contribution in [0.1, 0.15) is 5.69 Å². The number of aryl methyl sites for hydroxylation is 1. The van der Waals surface area contributed by atoms with Crippen LogP contribution in [-0.2, 0) is 10.0 Å². The van der Waals surface area contributed by atoms with E-state index in [0.717, 1.165) is 0 Å². The summed E-state index contributed by atoms with van der Waals surface area (Å²) in [5.74, 6) is 0.907. The number of hydrogen-bond donors (Lipinski definition) is 1. The largest absolute Gasteiger partial charge is 0.497 e. The molecule has 0 aliphatic carbocycles. The van der Waals surface area contributed by atoms with Crippen molar-refractivity contribution < 1.29 is 17.9 Å². The molecule has 0 radical (unpaired) electrons. The fraction of sp³-hybridized carbons (Fsp3) is 0.214. The van der Waals surface area contributed by atoms with E-state index in [-0.39, 0.29) is 16.5 Å². The fourth-order valence-corrected chi connectivity index (χ4v) is 2.97. The maximum atomic E-state index is 12.5. The molecule has 1 aromatic heterocycles. The van der Waals surface area contributed by atoms with Gasteiger partial charge in [-0.2, -0.15) is 0 Å². The van der Waals surface area contributed by atoms with E-state index in [1.807, 2.05) is 0 Å². The van der Waals surface area contributed by atoms with Crippen molar-refractivity contribution in [2.75, 3.05) is 18.9 Å². The number of ether oxygens (including phenoxy) is 2. The number of sulfonamides is 1. The second kappa shape index (κ2) is 6.01. The Kier molecular flexibility index (Phi) is 4.32. The van der Waals surface area contributed by atoms with Gasteiger partial charge in [0.15, 0.2) is 0 Å². The average molecular weight is 308 g/mol. The highest BCUT2D eigenvalue weighted by Crippen LogP contribution is 2.29. The number of pyridine rings is 1. The number of methoxy groups -OCH3 is 2. The smallest absolute Gasteiger partial charge is 0.266 e. The molecule has 6 nitrogen and oxygen atoms in total. The molecule has 0 aliphatic heterocycles. The maximum Gasteiger partial charge on any atom is 0.266 e. The lowest BCUT2D eigenvalue weighted by atomic mass is 10.3. The second-order valence-corrected chi connectivity index (χ2v) is 5.94. The Morgan fingerprint density at radius 2 is 1.86 bits per heavy atom. The maximum absolute atomic E-state index is 12.5. The molecule has 2 aromatic rings. The first kappa shape index (κ1) is 15.1. The van der Waals surface area contributed by atoms with Gasteiger partial charge in [-0.25, -0.2) is 13.4 Å². The molecular weight excluding hydrogens is 292 g/mol. The van der Waals surface area contributed by atoms with Crippen molar-refractivity contribution in [2.24, 2.45) is 0 Å². The molecule has 0 unspecified atom stereocenters. The minimum absolute atomic E-state index is 0.00680. The molecule has 0 saturated carbocycles. The molecule has 0 fully saturated rings. The van der Waals surface area contributed by atoms with Crippen LogP contribution in [0.2, 0.25) is 0 Å². The Morgan fingerprint density at radius 3 is 2.48 bits per heavy atom. The van der Waals surface area contributed by atoms with Gasteiger partial charge in [0.2, 0.25) is 0 Å². The van der Waals surface area contributed by atoms with Gasteiger partial charge in [0.1, 0.15) is 22.2 Å². The molecule has 1 aromatic carbocycles. The highest BCUT2D eigenvalue weighted by molar-refractivity contribution is 7.92. The van der Waals surface area contributed by atoms with Crippen LogP contribution in [-0.4, -0.2) is 27.6 Å². The summed E-state index contributed by atoms with van der Waals surface area (Å²) in [6, 6.07) is 9.65. The molecule has 112 valence electrons. The second-order valence-electron chi connectivity index (χ2n) is 4.29. The van der Waals surface area contributed by atoms with E-state index in [9.17, 15) is 8.42 Å². The summed E-state index contributed by atoms with van der Waals surface area (Å²) in [5, 5.41) is 0. The van der Waals surface area contributed by atoms with Gasteiger partial charge >= 0.3 is 0 Å². The van der Waals surface area contributed by atoms with Crippen LogP contribution in [0.25, 0.3) is 0 Å². The highest BCUT2D eigenvalue weighted by Gasteiger charge is 2.21. The first-order chi connectivity index (χ1) is 9.96. The van der Waals surface area contributed by atoms with Crippen LogP contribution >= 0.6 is 0 Å². The van der Waals surface area contributed by atoms with E-state index in [1.54, 1.807) is 31.2 Å². The summed E-state index contributed by atoms with van der Waals surface area (Å²) in [5.41, 5.74) is 0.716. The summed E-state index contributed by atoms with van der Waals surface area (Å²) in [4.78, 5) is 4.11. The topological polar surface area (TPSA) is 77.5 Å². The van der Waals surface area contributed by atoms with Gasteiger partial charge in [-0.1, -0.05) is 6.07 Å². The number of anilines is 1. The van der Waals surface area contributed by atoms with Crippen LogP contribution in [0.15, 0.2) is 41.3 Å². The Bertz CT molecular complexity index is 744. The predicted molar refractivity (Wildman–Crippen MR) is 79.3 cm³/mol. The van der Waals surface area contributed by atoms with Crippen molar-refractivity contribution in [3.63, 3.8) is 0 Å². The number of aromatic nitrogens is 1. The normalized spacial score (nSPS) is 11.0. The summed E-state index contributed by atoms with van der Waals surface area (Å²) in [6.07, 6.45) is 0. The monoisotopic (exact) mass is 308 g/mol. The molecule has 0 amide bonds. The third-order valence-electron chi connectivity index (χ3n) is 2.79. The van der Waals surface area contributed by atoms with Gasteiger partial charge in [-0.15, -0.1) is 0 Å². The molecular formula is C14H16N2O4S. The number of rotatable bonds is 5. The van der Waals surface area contributed by atoms with Crippen LogP contribution < -0.4 is 14.2 Å². The summed E-state index contributed by atoms with van der Waals surface area (Å²) < 4.78 is 37.5. The van der Waals surface area contributed by atoms with Crippen molar-refractivity contribution in [1.29, 1.82) is 0 Å². The van der Waals surface area contributed by atoms with Gasteiger partial charge in [0.25, 0.3) is 10.0 Å². The first-order valence-corrected chi connectivity index (χ1v) is 7.63. The number of nitrogens with one attached hydrogen (secondary N) is 1. The predicted octanol–water partition coefficient (Wildman–Crippen LogP) is 2.21. The lowest BCUT2D eigenvalue weighted by Gasteiger charge is -2.12. The SMILES string of the molecule is COc1ccc(OC)c(S(=O)(=O)Nc2cccc(C)n2)c1. The number of benzene rings is 1. The van der Waals surface area contributed by atoms with Crippen LogP contribution in [0, 0.1) is 6.92 Å². The molecule has 0 spiro atoms. The standard InChI is InChI=1S/C14H16N2O4S/c1-10-5-4-6-14(15-10)16-21(17,18)13-9-11(19-2)7-8-12(13)20-3/h4-9H,1-3H3,(H,15,16). The van der Waals surface area contributed by atoms with Crippen molar-refractivity contribution in [3.8, 4) is 11.5 Å². The lowest BCUT2D eigenvalue weighted by Crippen LogP contribution is -2.15. The molecule has 1 N–H and O–H groups in total. The minimum Gasteiger partial charge on any atom is -0.497 e. The zero-order chi connectivity index (χ0) is 15.5. The molecule has 7 heteroatoms. The summed E-state index contributed by atoms with van der Waals surface area (Å²) >= 11 is 0. The first-order valence-electron chi connectivity index (χ1n) is 6.15. The molecule has 21 heavy (non-hydrogen) atoms. The molecule has 0 aliphatic rings. The van der Waals surface area contributed by atoms with Gasteiger partial charge in [0, 0.05) is 11.8 Å². The summed E-state index contributed by atoms with van der Waals surface area (Å²) in [6.45, 7) is 1.78. The van der Waals surface area contributed by atoms with Crippen molar-refractivity contribution in [1.82, 2.24) is 4.98 Å². The van der Waals surface area contributed by atoms with Crippen LogP contribution in [0.5, 0.6) is 11.5 Å². The van der Waals surface area contributed by atoms with Gasteiger partial charge in [-0.3, -0.25) is 4.72 Å². The van der Waals surface area contributed by atoms with E-state index >= 15 is 0 Å². The fourth-order valence-electron chi connectivity index (χ4n) is 1.79. The van der Waals surface area contributed by atoms with Crippen molar-refractivity contribution in [2.45, 2.75) is 11.8 Å². The molecule has 0 bridgehead atoms. The van der Waals surface area contributed by atoms with E-state index in [4.69, 9.17) is 9.47 Å². The molecule has 2 rings (SSSR count). The van der Waals surface area contributed by atoms with Crippen molar-refractivity contribution in [3.05, 3.63) is 42.1 Å². The molecule has 1 heterocycles.